The van der Waals surface area contributed by atoms with E-state index >= 15 is 0 Å². The van der Waals surface area contributed by atoms with E-state index in [2.05, 4.69) is 11.4 Å². The number of barbiturate groups is 1. The van der Waals surface area contributed by atoms with Crippen LogP contribution in [0.4, 0.5) is 10.5 Å². The van der Waals surface area contributed by atoms with Gasteiger partial charge in [-0.1, -0.05) is 55.0 Å². The van der Waals surface area contributed by atoms with Gasteiger partial charge in [-0.2, -0.15) is 0 Å². The van der Waals surface area contributed by atoms with Crippen molar-refractivity contribution in [2.24, 2.45) is 0 Å². The summed E-state index contributed by atoms with van der Waals surface area (Å²) in [5, 5.41) is 2.25. The Kier molecular flexibility index (Phi) is 7.49. The highest BCUT2D eigenvalue weighted by molar-refractivity contribution is 6.39. The lowest BCUT2D eigenvalue weighted by molar-refractivity contribution is -0.122. The number of aryl methyl sites for hydroxylation is 2. The lowest BCUT2D eigenvalue weighted by Gasteiger charge is -2.26. The van der Waals surface area contributed by atoms with Gasteiger partial charge in [0.2, 0.25) is 0 Å². The van der Waals surface area contributed by atoms with Crippen LogP contribution in [0.15, 0.2) is 72.3 Å². The molecule has 7 heteroatoms. The Morgan fingerprint density at radius 3 is 2.33 bits per heavy atom. The Morgan fingerprint density at radius 2 is 1.64 bits per heavy atom. The summed E-state index contributed by atoms with van der Waals surface area (Å²) in [5.74, 6) is -0.395. The molecule has 0 spiro atoms. The first-order chi connectivity index (χ1) is 17.4. The number of nitrogens with zero attached hydrogens (tertiary/aromatic N) is 1. The Morgan fingerprint density at radius 1 is 0.861 bits per heavy atom. The molecule has 0 atom stereocenters. The first kappa shape index (κ1) is 24.7. The number of nitrogens with one attached hydrogen (secondary N) is 1. The highest BCUT2D eigenvalue weighted by Crippen LogP contribution is 2.31. The number of rotatable bonds is 8. The Bertz CT molecular complexity index is 1330. The van der Waals surface area contributed by atoms with Crippen molar-refractivity contribution >= 4 is 29.6 Å². The number of amides is 4. The van der Waals surface area contributed by atoms with E-state index < -0.39 is 17.8 Å². The molecule has 0 saturated carbocycles. The average molecular weight is 485 g/mol. The molecule has 4 rings (SSSR count). The van der Waals surface area contributed by atoms with Crippen LogP contribution in [-0.2, 0) is 22.6 Å². The number of anilines is 1. The SMILES string of the molecule is CCOc1cc(/C=C2/C(=O)NC(=O)N(c3ccc(CC)cc3)C2=O)ccc1OCc1cccc(C)c1. The van der Waals surface area contributed by atoms with Crippen molar-refractivity contribution in [1.29, 1.82) is 0 Å². The fraction of sp³-hybridized carbons (Fsp3) is 0.207. The van der Waals surface area contributed by atoms with Crippen LogP contribution in [0.5, 0.6) is 11.5 Å². The standard InChI is InChI=1S/C29H28N2O5/c1-4-20-9-12-23(13-10-20)31-28(33)24(27(32)30-29(31)34)16-21-11-14-25(26(17-21)35-5-2)36-18-22-8-6-7-19(3)15-22/h6-17H,4-5,18H2,1-3H3,(H,30,32,34)/b24-16-. The van der Waals surface area contributed by atoms with E-state index in [4.69, 9.17) is 9.47 Å². The molecule has 184 valence electrons. The van der Waals surface area contributed by atoms with Crippen LogP contribution in [0.3, 0.4) is 0 Å². The molecule has 0 bridgehead atoms. The van der Waals surface area contributed by atoms with Crippen LogP contribution >= 0.6 is 0 Å². The summed E-state index contributed by atoms with van der Waals surface area (Å²) in [5.41, 5.74) is 4.06. The van der Waals surface area contributed by atoms with Gasteiger partial charge in [0.25, 0.3) is 11.8 Å². The molecular formula is C29H28N2O5. The first-order valence-electron chi connectivity index (χ1n) is 11.8. The third-order valence-corrected chi connectivity index (χ3v) is 5.76. The van der Waals surface area contributed by atoms with Crippen LogP contribution in [-0.4, -0.2) is 24.5 Å². The number of urea groups is 1. The molecule has 3 aromatic rings. The molecule has 3 aromatic carbocycles. The quantitative estimate of drug-likeness (QED) is 0.351. The van der Waals surface area contributed by atoms with E-state index in [1.165, 1.54) is 6.08 Å². The van der Waals surface area contributed by atoms with E-state index in [-0.39, 0.29) is 5.57 Å². The van der Waals surface area contributed by atoms with Crippen molar-refractivity contribution in [3.63, 3.8) is 0 Å². The zero-order valence-corrected chi connectivity index (χ0v) is 20.5. The third kappa shape index (κ3) is 5.46. The lowest BCUT2D eigenvalue weighted by atomic mass is 10.1. The molecule has 1 N–H and O–H groups in total. The van der Waals surface area contributed by atoms with Crippen LogP contribution in [0.25, 0.3) is 6.08 Å². The minimum absolute atomic E-state index is 0.148. The van der Waals surface area contributed by atoms with Crippen LogP contribution in [0.2, 0.25) is 0 Å². The van der Waals surface area contributed by atoms with Crippen molar-refractivity contribution < 1.29 is 23.9 Å². The van der Waals surface area contributed by atoms with Gasteiger partial charge in [0.1, 0.15) is 12.2 Å². The van der Waals surface area contributed by atoms with E-state index in [9.17, 15) is 14.4 Å². The minimum Gasteiger partial charge on any atom is -0.490 e. The highest BCUT2D eigenvalue weighted by Gasteiger charge is 2.36. The fourth-order valence-corrected chi connectivity index (χ4v) is 3.90. The maximum Gasteiger partial charge on any atom is 0.335 e. The normalized spacial score (nSPS) is 14.7. The second kappa shape index (κ2) is 10.9. The Hall–Kier alpha value is -4.39. The molecule has 0 aliphatic carbocycles. The van der Waals surface area contributed by atoms with Crippen molar-refractivity contribution in [2.75, 3.05) is 11.5 Å². The molecule has 1 fully saturated rings. The Labute approximate surface area is 210 Å². The minimum atomic E-state index is -0.777. The number of imide groups is 2. The molecule has 0 unspecified atom stereocenters. The molecule has 1 aliphatic rings. The van der Waals surface area contributed by atoms with E-state index in [1.54, 1.807) is 30.3 Å². The van der Waals surface area contributed by atoms with Gasteiger partial charge in [-0.05, 0) is 67.3 Å². The Balaban J connectivity index is 1.60. The van der Waals surface area contributed by atoms with Gasteiger partial charge >= 0.3 is 6.03 Å². The van der Waals surface area contributed by atoms with Gasteiger partial charge in [-0.3, -0.25) is 14.9 Å². The average Bonchev–Trinajstić information content (AvgIpc) is 2.86. The maximum atomic E-state index is 13.2. The van der Waals surface area contributed by atoms with E-state index in [1.807, 2.05) is 51.1 Å². The van der Waals surface area contributed by atoms with Crippen molar-refractivity contribution in [3.05, 3.63) is 94.6 Å². The molecule has 0 aromatic heterocycles. The molecular weight excluding hydrogens is 456 g/mol. The second-order valence-corrected chi connectivity index (χ2v) is 8.39. The summed E-state index contributed by atoms with van der Waals surface area (Å²) in [6.45, 7) is 6.69. The fourth-order valence-electron chi connectivity index (χ4n) is 3.90. The summed E-state index contributed by atoms with van der Waals surface area (Å²) in [6.07, 6.45) is 2.28. The number of benzene rings is 3. The second-order valence-electron chi connectivity index (χ2n) is 8.39. The summed E-state index contributed by atoms with van der Waals surface area (Å²) in [7, 11) is 0. The van der Waals surface area contributed by atoms with Gasteiger partial charge in [0, 0.05) is 0 Å². The zero-order valence-electron chi connectivity index (χ0n) is 20.5. The topological polar surface area (TPSA) is 84.9 Å². The van der Waals surface area contributed by atoms with Gasteiger partial charge in [0.05, 0.1) is 12.3 Å². The van der Waals surface area contributed by atoms with Gasteiger partial charge < -0.3 is 9.47 Å². The lowest BCUT2D eigenvalue weighted by Crippen LogP contribution is -2.54. The van der Waals surface area contributed by atoms with Crippen molar-refractivity contribution in [1.82, 2.24) is 5.32 Å². The smallest absolute Gasteiger partial charge is 0.335 e. The zero-order chi connectivity index (χ0) is 25.7. The predicted molar refractivity (Wildman–Crippen MR) is 138 cm³/mol. The number of carbonyl (C=O) groups is 3. The summed E-state index contributed by atoms with van der Waals surface area (Å²) in [4.78, 5) is 39.2. The summed E-state index contributed by atoms with van der Waals surface area (Å²) >= 11 is 0. The monoisotopic (exact) mass is 484 g/mol. The molecule has 4 amide bonds. The molecule has 36 heavy (non-hydrogen) atoms. The number of hydrogen-bond donors (Lipinski definition) is 1. The largest absolute Gasteiger partial charge is 0.490 e. The molecule has 0 radical (unpaired) electrons. The number of hydrogen-bond acceptors (Lipinski definition) is 5. The molecule has 1 saturated heterocycles. The third-order valence-electron chi connectivity index (χ3n) is 5.76. The molecule has 1 heterocycles. The first-order valence-corrected chi connectivity index (χ1v) is 11.8. The van der Waals surface area contributed by atoms with Gasteiger partial charge in [-0.25, -0.2) is 9.69 Å². The number of carbonyl (C=O) groups excluding carboxylic acids is 3. The van der Waals surface area contributed by atoms with Crippen LogP contribution in [0.1, 0.15) is 36.1 Å². The van der Waals surface area contributed by atoms with Crippen LogP contribution < -0.4 is 19.7 Å². The summed E-state index contributed by atoms with van der Waals surface area (Å²) in [6, 6.07) is 19.5. The molecule has 1 aliphatic heterocycles. The van der Waals surface area contributed by atoms with Crippen LogP contribution in [0, 0.1) is 6.92 Å². The maximum absolute atomic E-state index is 13.2. The van der Waals surface area contributed by atoms with E-state index in [0.717, 1.165) is 28.0 Å². The number of ether oxygens (including phenoxy) is 2. The summed E-state index contributed by atoms with van der Waals surface area (Å²) < 4.78 is 11.7. The molecule has 7 nitrogen and oxygen atoms in total. The predicted octanol–water partition coefficient (Wildman–Crippen LogP) is 5.20. The highest BCUT2D eigenvalue weighted by atomic mass is 16.5. The van der Waals surface area contributed by atoms with E-state index in [0.29, 0.717) is 36.0 Å². The van der Waals surface area contributed by atoms with Crippen molar-refractivity contribution in [2.45, 2.75) is 33.8 Å². The van der Waals surface area contributed by atoms with Gasteiger partial charge in [-0.15, -0.1) is 0 Å². The van der Waals surface area contributed by atoms with Crippen molar-refractivity contribution in [3.8, 4) is 11.5 Å². The van der Waals surface area contributed by atoms with Gasteiger partial charge in [0.15, 0.2) is 11.5 Å².